The van der Waals surface area contributed by atoms with Crippen LogP contribution in [0.2, 0.25) is 0 Å². The number of hydrogen-bond donors (Lipinski definition) is 1. The second-order valence-corrected chi connectivity index (χ2v) is 4.17. The fraction of sp³-hybridized carbons (Fsp3) is 0.818. The second kappa shape index (κ2) is 6.44. The SMILES string of the molecule is CCC1OCCC1CNCC(C)=CCl. The normalized spacial score (nSPS) is 28.4. The molecule has 0 aromatic carbocycles. The predicted molar refractivity (Wildman–Crippen MR) is 60.6 cm³/mol. The lowest BCUT2D eigenvalue weighted by Crippen LogP contribution is -2.29. The second-order valence-electron chi connectivity index (χ2n) is 3.95. The quantitative estimate of drug-likeness (QED) is 0.764. The van der Waals surface area contributed by atoms with Crippen molar-refractivity contribution in [2.45, 2.75) is 32.8 Å². The van der Waals surface area contributed by atoms with Crippen molar-refractivity contribution in [3.05, 3.63) is 11.1 Å². The van der Waals surface area contributed by atoms with Crippen LogP contribution >= 0.6 is 11.6 Å². The van der Waals surface area contributed by atoms with Gasteiger partial charge in [0.15, 0.2) is 0 Å². The molecule has 0 aromatic rings. The lowest BCUT2D eigenvalue weighted by molar-refractivity contribution is 0.0875. The van der Waals surface area contributed by atoms with Crippen LogP contribution in [-0.2, 0) is 4.74 Å². The van der Waals surface area contributed by atoms with Crippen LogP contribution in [0.25, 0.3) is 0 Å². The third-order valence-electron chi connectivity index (χ3n) is 2.75. The van der Waals surface area contributed by atoms with Gasteiger partial charge in [0.1, 0.15) is 0 Å². The molecule has 2 nitrogen and oxygen atoms in total. The Labute approximate surface area is 91.7 Å². The minimum atomic E-state index is 0.461. The van der Waals surface area contributed by atoms with Gasteiger partial charge in [0, 0.05) is 25.2 Å². The first-order valence-corrected chi connectivity index (χ1v) is 5.79. The van der Waals surface area contributed by atoms with E-state index in [0.29, 0.717) is 12.0 Å². The zero-order valence-electron chi connectivity index (χ0n) is 9.05. The summed E-state index contributed by atoms with van der Waals surface area (Å²) in [7, 11) is 0. The Morgan fingerprint density at radius 2 is 2.43 bits per heavy atom. The smallest absolute Gasteiger partial charge is 0.0613 e. The molecule has 1 heterocycles. The van der Waals surface area contributed by atoms with Crippen molar-refractivity contribution in [1.82, 2.24) is 5.32 Å². The van der Waals surface area contributed by atoms with Gasteiger partial charge in [0.25, 0.3) is 0 Å². The zero-order valence-corrected chi connectivity index (χ0v) is 9.81. The van der Waals surface area contributed by atoms with E-state index >= 15 is 0 Å². The molecule has 1 aliphatic heterocycles. The summed E-state index contributed by atoms with van der Waals surface area (Å²) in [6, 6.07) is 0. The van der Waals surface area contributed by atoms with Gasteiger partial charge in [0.2, 0.25) is 0 Å². The lowest BCUT2D eigenvalue weighted by atomic mass is 10.00. The van der Waals surface area contributed by atoms with Crippen LogP contribution in [0, 0.1) is 5.92 Å². The van der Waals surface area contributed by atoms with E-state index < -0.39 is 0 Å². The van der Waals surface area contributed by atoms with E-state index in [1.807, 2.05) is 6.92 Å². The molecule has 1 aliphatic rings. The Morgan fingerprint density at radius 1 is 1.64 bits per heavy atom. The van der Waals surface area contributed by atoms with Gasteiger partial charge >= 0.3 is 0 Å². The van der Waals surface area contributed by atoms with Crippen LogP contribution in [0.3, 0.4) is 0 Å². The Kier molecular flexibility index (Phi) is 5.53. The van der Waals surface area contributed by atoms with Gasteiger partial charge in [-0.25, -0.2) is 0 Å². The van der Waals surface area contributed by atoms with Crippen molar-refractivity contribution in [3.63, 3.8) is 0 Å². The van der Waals surface area contributed by atoms with Crippen molar-refractivity contribution in [1.29, 1.82) is 0 Å². The fourth-order valence-corrected chi connectivity index (χ4v) is 1.95. The molecular formula is C11H20ClNO. The summed E-state index contributed by atoms with van der Waals surface area (Å²) in [5.74, 6) is 0.683. The fourth-order valence-electron chi connectivity index (χ4n) is 1.87. The molecule has 1 N–H and O–H groups in total. The summed E-state index contributed by atoms with van der Waals surface area (Å²) >= 11 is 5.58. The molecule has 2 atom stereocenters. The zero-order chi connectivity index (χ0) is 10.4. The Morgan fingerprint density at radius 3 is 3.07 bits per heavy atom. The predicted octanol–water partition coefficient (Wildman–Crippen LogP) is 2.53. The molecule has 1 saturated heterocycles. The van der Waals surface area contributed by atoms with Crippen LogP contribution in [0.4, 0.5) is 0 Å². The molecule has 82 valence electrons. The van der Waals surface area contributed by atoms with Gasteiger partial charge in [-0.2, -0.15) is 0 Å². The van der Waals surface area contributed by atoms with E-state index in [1.54, 1.807) is 5.54 Å². The maximum atomic E-state index is 5.62. The first kappa shape index (κ1) is 12.0. The highest BCUT2D eigenvalue weighted by Gasteiger charge is 2.25. The van der Waals surface area contributed by atoms with Gasteiger partial charge in [0.05, 0.1) is 6.10 Å². The molecule has 0 radical (unpaired) electrons. The third-order valence-corrected chi connectivity index (χ3v) is 3.12. The Balaban J connectivity index is 2.17. The summed E-state index contributed by atoms with van der Waals surface area (Å²) < 4.78 is 5.62. The average molecular weight is 218 g/mol. The number of hydrogen-bond acceptors (Lipinski definition) is 2. The monoisotopic (exact) mass is 217 g/mol. The van der Waals surface area contributed by atoms with Gasteiger partial charge in [-0.1, -0.05) is 18.5 Å². The van der Waals surface area contributed by atoms with Gasteiger partial charge in [-0.05, 0) is 31.3 Å². The summed E-state index contributed by atoms with van der Waals surface area (Å²) in [5.41, 5.74) is 2.81. The van der Waals surface area contributed by atoms with Crippen molar-refractivity contribution in [2.24, 2.45) is 5.92 Å². The molecule has 1 rings (SSSR count). The first-order chi connectivity index (χ1) is 6.77. The number of rotatable bonds is 5. The molecule has 0 aromatic heterocycles. The Hall–Kier alpha value is -0.0500. The van der Waals surface area contributed by atoms with E-state index in [9.17, 15) is 0 Å². The molecule has 3 heteroatoms. The third kappa shape index (κ3) is 3.60. The lowest BCUT2D eigenvalue weighted by Gasteiger charge is -2.17. The van der Waals surface area contributed by atoms with Crippen LogP contribution in [-0.4, -0.2) is 25.8 Å². The highest BCUT2D eigenvalue weighted by atomic mass is 35.5. The van der Waals surface area contributed by atoms with E-state index in [0.717, 1.165) is 26.1 Å². The number of nitrogens with one attached hydrogen (secondary N) is 1. The van der Waals surface area contributed by atoms with Gasteiger partial charge in [-0.15, -0.1) is 0 Å². The summed E-state index contributed by atoms with van der Waals surface area (Å²) in [4.78, 5) is 0. The molecule has 0 bridgehead atoms. The molecule has 0 spiro atoms. The summed E-state index contributed by atoms with van der Waals surface area (Å²) in [5, 5.41) is 3.41. The van der Waals surface area contributed by atoms with Crippen LogP contribution < -0.4 is 5.32 Å². The van der Waals surface area contributed by atoms with Gasteiger partial charge in [-0.3, -0.25) is 0 Å². The van der Waals surface area contributed by atoms with Crippen molar-refractivity contribution < 1.29 is 4.74 Å². The molecule has 14 heavy (non-hydrogen) atoms. The van der Waals surface area contributed by atoms with E-state index in [-0.39, 0.29) is 0 Å². The average Bonchev–Trinajstić information content (AvgIpc) is 2.65. The van der Waals surface area contributed by atoms with Crippen LogP contribution in [0.1, 0.15) is 26.7 Å². The van der Waals surface area contributed by atoms with Crippen molar-refractivity contribution in [2.75, 3.05) is 19.7 Å². The van der Waals surface area contributed by atoms with Crippen LogP contribution in [0.15, 0.2) is 11.1 Å². The van der Waals surface area contributed by atoms with Crippen LogP contribution in [0.5, 0.6) is 0 Å². The maximum Gasteiger partial charge on any atom is 0.0613 e. The summed E-state index contributed by atoms with van der Waals surface area (Å²) in [6.07, 6.45) is 2.77. The molecule has 0 aliphatic carbocycles. The first-order valence-electron chi connectivity index (χ1n) is 5.36. The molecular weight excluding hydrogens is 198 g/mol. The minimum absolute atomic E-state index is 0.461. The molecule has 2 unspecified atom stereocenters. The standard InChI is InChI=1S/C11H20ClNO/c1-3-11-10(4-5-14-11)8-13-7-9(2)6-12/h6,10-11,13H,3-5,7-8H2,1-2H3. The highest BCUT2D eigenvalue weighted by molar-refractivity contribution is 6.25. The van der Waals surface area contributed by atoms with E-state index in [4.69, 9.17) is 16.3 Å². The largest absolute Gasteiger partial charge is 0.378 e. The summed E-state index contributed by atoms with van der Waals surface area (Å²) in [6.45, 7) is 7.07. The van der Waals surface area contributed by atoms with Crippen molar-refractivity contribution >= 4 is 11.6 Å². The molecule has 1 fully saturated rings. The maximum absolute atomic E-state index is 5.62. The minimum Gasteiger partial charge on any atom is -0.378 e. The number of ether oxygens (including phenoxy) is 1. The molecule has 0 saturated carbocycles. The van der Waals surface area contributed by atoms with E-state index in [1.165, 1.54) is 12.0 Å². The van der Waals surface area contributed by atoms with E-state index in [2.05, 4.69) is 12.2 Å². The topological polar surface area (TPSA) is 21.3 Å². The van der Waals surface area contributed by atoms with Gasteiger partial charge < -0.3 is 10.1 Å². The molecule has 0 amide bonds. The highest BCUT2D eigenvalue weighted by Crippen LogP contribution is 2.22. The Bertz CT molecular complexity index is 194. The van der Waals surface area contributed by atoms with Crippen molar-refractivity contribution in [3.8, 4) is 0 Å². The number of halogens is 1.